The minimum atomic E-state index is -0.710. The molecule has 1 atom stereocenters. The highest BCUT2D eigenvalue weighted by Crippen LogP contribution is 2.23. The molecule has 128 valence electrons. The Morgan fingerprint density at radius 1 is 1.12 bits per heavy atom. The maximum atomic E-state index is 12.1. The van der Waals surface area contributed by atoms with Crippen LogP contribution in [0.25, 0.3) is 0 Å². The average molecular weight is 337 g/mol. The zero-order valence-electron chi connectivity index (χ0n) is 13.9. The van der Waals surface area contributed by atoms with E-state index in [1.807, 2.05) is 30.3 Å². The van der Waals surface area contributed by atoms with Crippen molar-refractivity contribution in [2.45, 2.75) is 18.9 Å². The van der Waals surface area contributed by atoms with E-state index in [1.165, 1.54) is 7.05 Å². The molecule has 0 saturated carbocycles. The van der Waals surface area contributed by atoms with Gasteiger partial charge in [-0.15, -0.1) is 0 Å². The van der Waals surface area contributed by atoms with Gasteiger partial charge in [0.25, 0.3) is 5.91 Å². The number of benzene rings is 2. The predicted octanol–water partition coefficient (Wildman–Crippen LogP) is 2.48. The third kappa shape index (κ3) is 3.85. The van der Waals surface area contributed by atoms with Gasteiger partial charge in [-0.2, -0.15) is 0 Å². The summed E-state index contributed by atoms with van der Waals surface area (Å²) in [6.45, 7) is 0. The molecule has 0 radical (unpaired) electrons. The lowest BCUT2D eigenvalue weighted by molar-refractivity contribution is -0.126. The van der Waals surface area contributed by atoms with Crippen LogP contribution in [0.2, 0.25) is 0 Å². The second kappa shape index (κ2) is 7.17. The Morgan fingerprint density at radius 3 is 2.56 bits per heavy atom. The largest absolute Gasteiger partial charge is 0.326 e. The number of carbonyl (C=O) groups is 3. The van der Waals surface area contributed by atoms with Gasteiger partial charge in [0, 0.05) is 19.2 Å². The fourth-order valence-corrected chi connectivity index (χ4v) is 2.72. The smallest absolute Gasteiger partial charge is 0.324 e. The van der Waals surface area contributed by atoms with E-state index in [2.05, 4.69) is 10.6 Å². The molecule has 1 unspecified atom stereocenters. The van der Waals surface area contributed by atoms with Crippen LogP contribution in [0.3, 0.4) is 0 Å². The van der Waals surface area contributed by atoms with Crippen molar-refractivity contribution >= 4 is 23.5 Å². The van der Waals surface area contributed by atoms with Gasteiger partial charge in [-0.3, -0.25) is 14.5 Å². The fraction of sp³-hybridized carbons (Fsp3) is 0.211. The molecule has 6 heteroatoms. The molecule has 4 amide bonds. The van der Waals surface area contributed by atoms with Crippen LogP contribution in [0, 0.1) is 0 Å². The first-order valence-electron chi connectivity index (χ1n) is 8.06. The van der Waals surface area contributed by atoms with Crippen molar-refractivity contribution in [3.63, 3.8) is 0 Å². The molecule has 0 spiro atoms. The number of amides is 4. The molecule has 2 aromatic carbocycles. The Balaban J connectivity index is 1.63. The quantitative estimate of drug-likeness (QED) is 0.823. The Hall–Kier alpha value is -3.15. The molecule has 0 bridgehead atoms. The van der Waals surface area contributed by atoms with Crippen LogP contribution < -0.4 is 10.6 Å². The van der Waals surface area contributed by atoms with Gasteiger partial charge in [0.2, 0.25) is 5.91 Å². The maximum Gasteiger partial charge on any atom is 0.324 e. The Kier molecular flexibility index (Phi) is 4.79. The Bertz CT molecular complexity index is 805. The normalized spacial score (nSPS) is 16.7. The SMILES string of the molecule is CN1C(=O)NC(c2cccc(NC(=O)CCc3ccccc3)c2)C1=O. The van der Waals surface area contributed by atoms with Gasteiger partial charge in [0.1, 0.15) is 6.04 Å². The summed E-state index contributed by atoms with van der Waals surface area (Å²) in [6.07, 6.45) is 1.03. The Morgan fingerprint density at radius 2 is 1.88 bits per heavy atom. The number of hydrogen-bond donors (Lipinski definition) is 2. The van der Waals surface area contributed by atoms with Crippen LogP contribution in [0.5, 0.6) is 0 Å². The van der Waals surface area contributed by atoms with Crippen molar-refractivity contribution in [2.75, 3.05) is 12.4 Å². The number of imide groups is 1. The molecular formula is C19H19N3O3. The molecule has 1 aliphatic heterocycles. The van der Waals surface area contributed by atoms with E-state index < -0.39 is 12.1 Å². The molecule has 0 aromatic heterocycles. The van der Waals surface area contributed by atoms with E-state index in [9.17, 15) is 14.4 Å². The molecule has 2 aromatic rings. The monoisotopic (exact) mass is 337 g/mol. The van der Waals surface area contributed by atoms with E-state index in [4.69, 9.17) is 0 Å². The van der Waals surface area contributed by atoms with Crippen molar-refractivity contribution < 1.29 is 14.4 Å². The number of nitrogens with zero attached hydrogens (tertiary/aromatic N) is 1. The molecule has 6 nitrogen and oxygen atoms in total. The third-order valence-corrected chi connectivity index (χ3v) is 4.14. The van der Waals surface area contributed by atoms with Gasteiger partial charge in [-0.1, -0.05) is 42.5 Å². The molecule has 25 heavy (non-hydrogen) atoms. The summed E-state index contributed by atoms with van der Waals surface area (Å²) >= 11 is 0. The van der Waals surface area contributed by atoms with E-state index in [0.29, 0.717) is 24.1 Å². The summed E-state index contributed by atoms with van der Waals surface area (Å²) in [5.74, 6) is -0.405. The zero-order chi connectivity index (χ0) is 17.8. The van der Waals surface area contributed by atoms with Crippen LogP contribution in [-0.4, -0.2) is 29.8 Å². The number of anilines is 1. The highest BCUT2D eigenvalue weighted by molar-refractivity contribution is 6.04. The van der Waals surface area contributed by atoms with Crippen molar-refractivity contribution in [1.82, 2.24) is 10.2 Å². The number of nitrogens with one attached hydrogen (secondary N) is 2. The predicted molar refractivity (Wildman–Crippen MR) is 93.9 cm³/mol. The van der Waals surface area contributed by atoms with Crippen molar-refractivity contribution in [3.05, 3.63) is 65.7 Å². The fourth-order valence-electron chi connectivity index (χ4n) is 2.72. The maximum absolute atomic E-state index is 12.1. The van der Waals surface area contributed by atoms with Crippen LogP contribution >= 0.6 is 0 Å². The lowest BCUT2D eigenvalue weighted by Gasteiger charge is -2.11. The lowest BCUT2D eigenvalue weighted by atomic mass is 10.1. The zero-order valence-corrected chi connectivity index (χ0v) is 13.9. The van der Waals surface area contributed by atoms with E-state index in [1.54, 1.807) is 24.3 Å². The molecule has 0 aliphatic carbocycles. The van der Waals surface area contributed by atoms with Crippen LogP contribution in [0.4, 0.5) is 10.5 Å². The number of carbonyl (C=O) groups excluding carboxylic acids is 3. The van der Waals surface area contributed by atoms with Gasteiger partial charge in [0.15, 0.2) is 0 Å². The number of aryl methyl sites for hydroxylation is 1. The summed E-state index contributed by atoms with van der Waals surface area (Å²) in [5.41, 5.74) is 2.35. The number of rotatable bonds is 5. The van der Waals surface area contributed by atoms with Crippen molar-refractivity contribution in [3.8, 4) is 0 Å². The van der Waals surface area contributed by atoms with Gasteiger partial charge in [0.05, 0.1) is 0 Å². The van der Waals surface area contributed by atoms with Crippen LogP contribution in [0.15, 0.2) is 54.6 Å². The van der Waals surface area contributed by atoms with E-state index in [0.717, 1.165) is 10.5 Å². The lowest BCUT2D eigenvalue weighted by Crippen LogP contribution is -2.25. The Labute approximate surface area is 145 Å². The average Bonchev–Trinajstić information content (AvgIpc) is 2.88. The highest BCUT2D eigenvalue weighted by atomic mass is 16.2. The van der Waals surface area contributed by atoms with E-state index >= 15 is 0 Å². The van der Waals surface area contributed by atoms with Gasteiger partial charge < -0.3 is 10.6 Å². The highest BCUT2D eigenvalue weighted by Gasteiger charge is 2.36. The van der Waals surface area contributed by atoms with Gasteiger partial charge in [-0.05, 0) is 29.7 Å². The third-order valence-electron chi connectivity index (χ3n) is 4.14. The standard InChI is InChI=1S/C19H19N3O3/c1-22-18(24)17(21-19(22)25)14-8-5-9-15(12-14)20-16(23)11-10-13-6-3-2-4-7-13/h2-9,12,17H,10-11H2,1H3,(H,20,23)(H,21,25). The number of hydrogen-bond acceptors (Lipinski definition) is 3. The first-order chi connectivity index (χ1) is 12.0. The molecule has 1 saturated heterocycles. The second-order valence-electron chi connectivity index (χ2n) is 5.94. The topological polar surface area (TPSA) is 78.5 Å². The van der Waals surface area contributed by atoms with Gasteiger partial charge >= 0.3 is 6.03 Å². The minimum Gasteiger partial charge on any atom is -0.326 e. The minimum absolute atomic E-state index is 0.0973. The molecule has 1 fully saturated rings. The summed E-state index contributed by atoms with van der Waals surface area (Å²) in [7, 11) is 1.44. The molecule has 3 rings (SSSR count). The molecule has 1 heterocycles. The van der Waals surface area contributed by atoms with Gasteiger partial charge in [-0.25, -0.2) is 4.79 Å². The summed E-state index contributed by atoms with van der Waals surface area (Å²) < 4.78 is 0. The summed E-state index contributed by atoms with van der Waals surface area (Å²) in [6, 6.07) is 15.6. The van der Waals surface area contributed by atoms with Crippen molar-refractivity contribution in [1.29, 1.82) is 0 Å². The second-order valence-corrected chi connectivity index (χ2v) is 5.94. The van der Waals surface area contributed by atoms with E-state index in [-0.39, 0.29) is 11.8 Å². The van der Waals surface area contributed by atoms with Crippen molar-refractivity contribution in [2.24, 2.45) is 0 Å². The molecular weight excluding hydrogens is 318 g/mol. The van der Waals surface area contributed by atoms with Crippen LogP contribution in [-0.2, 0) is 16.0 Å². The van der Waals surface area contributed by atoms with Crippen LogP contribution in [0.1, 0.15) is 23.6 Å². The first-order valence-corrected chi connectivity index (χ1v) is 8.06. The number of urea groups is 1. The molecule has 1 aliphatic rings. The first kappa shape index (κ1) is 16.7. The summed E-state index contributed by atoms with van der Waals surface area (Å²) in [4.78, 5) is 36.8. The molecule has 2 N–H and O–H groups in total. The summed E-state index contributed by atoms with van der Waals surface area (Å²) in [5, 5.41) is 5.46. The number of likely N-dealkylation sites (N-methyl/N-ethyl adjacent to an activating group) is 1.